The first-order chi connectivity index (χ1) is 22.3. The van der Waals surface area contributed by atoms with Gasteiger partial charge in [-0.3, -0.25) is 19.2 Å². The van der Waals surface area contributed by atoms with E-state index < -0.39 is 53.3 Å². The summed E-state index contributed by atoms with van der Waals surface area (Å²) >= 11 is 0. The number of ether oxygens (including phenoxy) is 2. The molecule has 15 nitrogen and oxygen atoms in total. The molecule has 47 heavy (non-hydrogen) atoms. The molecule has 0 bridgehead atoms. The van der Waals surface area contributed by atoms with Crippen molar-refractivity contribution in [2.75, 3.05) is 30.7 Å². The Morgan fingerprint density at radius 3 is 2.06 bits per heavy atom. The number of nitrogens with zero attached hydrogens (tertiary/aromatic N) is 3. The second-order valence-electron chi connectivity index (χ2n) is 11.7. The van der Waals surface area contributed by atoms with Crippen molar-refractivity contribution in [1.82, 2.24) is 15.5 Å². The van der Waals surface area contributed by atoms with Crippen LogP contribution in [0.4, 0.5) is 27.5 Å². The lowest BCUT2D eigenvalue weighted by Crippen LogP contribution is -2.46. The smallest absolute Gasteiger partial charge is 0.417 e. The van der Waals surface area contributed by atoms with Gasteiger partial charge >= 0.3 is 12.1 Å². The van der Waals surface area contributed by atoms with E-state index in [4.69, 9.17) is 15.2 Å². The highest BCUT2D eigenvalue weighted by molar-refractivity contribution is 6.00. The molecular formula is C32H41N7O8. The van der Waals surface area contributed by atoms with Gasteiger partial charge in [-0.05, 0) is 95.5 Å². The molecule has 1 fully saturated rings. The molecule has 5 N–H and O–H groups in total. The van der Waals surface area contributed by atoms with Crippen LogP contribution in [0.1, 0.15) is 53.4 Å². The van der Waals surface area contributed by atoms with Gasteiger partial charge in [0.05, 0.1) is 31.1 Å². The summed E-state index contributed by atoms with van der Waals surface area (Å²) in [5.74, 6) is -3.41. The Balaban J connectivity index is 1.36. The van der Waals surface area contributed by atoms with Crippen LogP contribution >= 0.6 is 0 Å². The standard InChI is InChI=1S/C32H41N7O8/c1-5-46-30(44)25-17-20(29(43)39(25)31(45)47-32(2,3)4)7-6-8-26(40)34-18-27(41)35-19-28(42)36-22-13-15-24(16-14-22)38-37-23-11-9-21(33)10-12-23/h9-16,20,25H,5-8,17-19,33H2,1-4H3,(H,34,40)(H,35,41)(H,36,42)/t20?,25-/m1/s1. The molecule has 1 aliphatic heterocycles. The average Bonchev–Trinajstić information content (AvgIpc) is 3.34. The summed E-state index contributed by atoms with van der Waals surface area (Å²) in [6.07, 6.45) is -0.356. The van der Waals surface area contributed by atoms with Gasteiger partial charge in [0.1, 0.15) is 11.6 Å². The Bertz CT molecular complexity index is 1470. The van der Waals surface area contributed by atoms with E-state index in [1.807, 2.05) is 0 Å². The van der Waals surface area contributed by atoms with E-state index in [0.29, 0.717) is 22.7 Å². The monoisotopic (exact) mass is 651 g/mol. The number of likely N-dealkylation sites (tertiary alicyclic amines) is 1. The zero-order valence-corrected chi connectivity index (χ0v) is 26.9. The maximum atomic E-state index is 13.0. The summed E-state index contributed by atoms with van der Waals surface area (Å²) < 4.78 is 10.4. The van der Waals surface area contributed by atoms with Gasteiger partial charge in [-0.25, -0.2) is 14.5 Å². The first-order valence-corrected chi connectivity index (χ1v) is 15.2. The Morgan fingerprint density at radius 1 is 0.894 bits per heavy atom. The Kier molecular flexibility index (Phi) is 12.9. The van der Waals surface area contributed by atoms with Crippen molar-refractivity contribution in [2.45, 2.75) is 65.0 Å². The van der Waals surface area contributed by atoms with Gasteiger partial charge in [-0.1, -0.05) is 0 Å². The second-order valence-corrected chi connectivity index (χ2v) is 11.7. The van der Waals surface area contributed by atoms with Crippen LogP contribution in [0.3, 0.4) is 0 Å². The largest absolute Gasteiger partial charge is 0.464 e. The highest BCUT2D eigenvalue weighted by Gasteiger charge is 2.48. The number of esters is 1. The molecule has 5 amide bonds. The number of hydrogen-bond donors (Lipinski definition) is 4. The SMILES string of the molecule is CCOC(=O)[C@H]1CC(CCCC(=O)NCC(=O)NCC(=O)Nc2ccc(N=Nc3ccc(N)cc3)cc2)C(=O)N1C(=O)OC(C)(C)C. The van der Waals surface area contributed by atoms with Crippen molar-refractivity contribution in [3.8, 4) is 0 Å². The molecule has 15 heteroatoms. The molecule has 0 saturated carbocycles. The van der Waals surface area contributed by atoms with Crippen LogP contribution in [0.2, 0.25) is 0 Å². The number of azo groups is 1. The third-order valence-corrected chi connectivity index (χ3v) is 6.73. The van der Waals surface area contributed by atoms with Gasteiger partial charge in [0, 0.05) is 23.7 Å². The Labute approximate surface area is 272 Å². The highest BCUT2D eigenvalue weighted by atomic mass is 16.6. The molecule has 1 heterocycles. The van der Waals surface area contributed by atoms with Crippen LogP contribution in [0.25, 0.3) is 0 Å². The third-order valence-electron chi connectivity index (χ3n) is 6.73. The summed E-state index contributed by atoms with van der Waals surface area (Å²) in [6, 6.07) is 12.4. The number of amides is 5. The van der Waals surface area contributed by atoms with Gasteiger partial charge in [0.15, 0.2) is 0 Å². The van der Waals surface area contributed by atoms with Crippen molar-refractivity contribution in [1.29, 1.82) is 0 Å². The fourth-order valence-corrected chi connectivity index (χ4v) is 4.53. The lowest BCUT2D eigenvalue weighted by Gasteiger charge is -2.26. The molecule has 252 valence electrons. The van der Waals surface area contributed by atoms with E-state index in [2.05, 4.69) is 26.2 Å². The van der Waals surface area contributed by atoms with Crippen LogP contribution in [0.5, 0.6) is 0 Å². The fraction of sp³-hybridized carbons (Fsp3) is 0.438. The predicted octanol–water partition coefficient (Wildman–Crippen LogP) is 3.74. The summed E-state index contributed by atoms with van der Waals surface area (Å²) in [4.78, 5) is 75.7. The van der Waals surface area contributed by atoms with E-state index in [-0.39, 0.29) is 45.4 Å². The lowest BCUT2D eigenvalue weighted by atomic mass is 9.98. The van der Waals surface area contributed by atoms with E-state index >= 15 is 0 Å². The maximum Gasteiger partial charge on any atom is 0.417 e. The number of imide groups is 1. The molecule has 2 atom stereocenters. The minimum absolute atomic E-state index is 0.00357. The van der Waals surface area contributed by atoms with Crippen molar-refractivity contribution >= 4 is 58.4 Å². The van der Waals surface area contributed by atoms with Gasteiger partial charge in [-0.15, -0.1) is 0 Å². The first kappa shape index (κ1) is 36.1. The minimum Gasteiger partial charge on any atom is -0.464 e. The van der Waals surface area contributed by atoms with E-state index in [0.717, 1.165) is 4.90 Å². The minimum atomic E-state index is -1.10. The van der Waals surface area contributed by atoms with Crippen LogP contribution in [0, 0.1) is 5.92 Å². The summed E-state index contributed by atoms with van der Waals surface area (Å²) in [5.41, 5.74) is 7.11. The summed E-state index contributed by atoms with van der Waals surface area (Å²) in [6.45, 7) is 6.00. The summed E-state index contributed by atoms with van der Waals surface area (Å²) in [7, 11) is 0. The number of nitrogens with two attached hydrogens (primary N) is 1. The number of anilines is 2. The molecule has 0 aliphatic carbocycles. The molecule has 1 saturated heterocycles. The lowest BCUT2D eigenvalue weighted by molar-refractivity contribution is -0.151. The van der Waals surface area contributed by atoms with Crippen LogP contribution < -0.4 is 21.7 Å². The first-order valence-electron chi connectivity index (χ1n) is 15.2. The van der Waals surface area contributed by atoms with Crippen molar-refractivity contribution in [2.24, 2.45) is 16.1 Å². The number of hydrogen-bond acceptors (Lipinski definition) is 11. The predicted molar refractivity (Wildman–Crippen MR) is 172 cm³/mol. The molecule has 2 aromatic rings. The van der Waals surface area contributed by atoms with Crippen LogP contribution in [-0.4, -0.2) is 71.9 Å². The quantitative estimate of drug-likeness (QED) is 0.141. The van der Waals surface area contributed by atoms with Gasteiger partial charge in [0.25, 0.3) is 0 Å². The molecule has 2 aromatic carbocycles. The Morgan fingerprint density at radius 2 is 1.47 bits per heavy atom. The molecule has 1 unspecified atom stereocenters. The number of carbonyl (C=O) groups is 6. The van der Waals surface area contributed by atoms with E-state index in [1.165, 1.54) is 0 Å². The van der Waals surface area contributed by atoms with E-state index in [9.17, 15) is 28.8 Å². The normalized spacial score (nSPS) is 16.1. The zero-order valence-electron chi connectivity index (χ0n) is 26.9. The number of nitrogen functional groups attached to an aromatic ring is 1. The molecule has 3 rings (SSSR count). The van der Waals surface area contributed by atoms with Gasteiger partial charge < -0.3 is 31.2 Å². The highest BCUT2D eigenvalue weighted by Crippen LogP contribution is 2.31. The van der Waals surface area contributed by atoms with Gasteiger partial charge in [0.2, 0.25) is 23.6 Å². The van der Waals surface area contributed by atoms with Crippen molar-refractivity contribution < 1.29 is 38.2 Å². The number of nitrogens with one attached hydrogen (secondary N) is 3. The van der Waals surface area contributed by atoms with E-state index in [1.54, 1.807) is 76.2 Å². The average molecular weight is 652 g/mol. The third kappa shape index (κ3) is 11.8. The fourth-order valence-electron chi connectivity index (χ4n) is 4.53. The van der Waals surface area contributed by atoms with Crippen molar-refractivity contribution in [3.05, 3.63) is 48.5 Å². The number of benzene rings is 2. The van der Waals surface area contributed by atoms with Gasteiger partial charge in [-0.2, -0.15) is 10.2 Å². The molecule has 1 aliphatic rings. The number of rotatable bonds is 13. The second kappa shape index (κ2) is 16.8. The summed E-state index contributed by atoms with van der Waals surface area (Å²) in [5, 5.41) is 15.8. The number of carbonyl (C=O) groups excluding carboxylic acids is 6. The topological polar surface area (TPSA) is 211 Å². The molecule has 0 spiro atoms. The maximum absolute atomic E-state index is 13.0. The van der Waals surface area contributed by atoms with Crippen LogP contribution in [-0.2, 0) is 33.4 Å². The molecular weight excluding hydrogens is 610 g/mol. The zero-order chi connectivity index (χ0) is 34.6. The molecule has 0 aromatic heterocycles. The van der Waals surface area contributed by atoms with Crippen LogP contribution in [0.15, 0.2) is 58.8 Å². The molecule has 0 radical (unpaired) electrons. The Hall–Kier alpha value is -5.34. The van der Waals surface area contributed by atoms with Crippen molar-refractivity contribution in [3.63, 3.8) is 0 Å².